The van der Waals surface area contributed by atoms with Crippen LogP contribution >= 0.6 is 0 Å². The summed E-state index contributed by atoms with van der Waals surface area (Å²) in [5, 5.41) is 10.2. The molecule has 5 heterocycles. The topological polar surface area (TPSA) is 101 Å². The maximum atomic E-state index is 12.3. The van der Waals surface area contributed by atoms with Crippen LogP contribution < -0.4 is 5.32 Å². The summed E-state index contributed by atoms with van der Waals surface area (Å²) in [5.74, 6) is 0.869. The van der Waals surface area contributed by atoms with Crippen LogP contribution in [0.15, 0.2) is 61.3 Å². The second kappa shape index (κ2) is 6.17. The zero-order chi connectivity index (χ0) is 18.2. The molecule has 4 aromatic heterocycles. The molecule has 0 aliphatic carbocycles. The number of carbonyl (C=O) groups excluding carboxylic acids is 1. The van der Waals surface area contributed by atoms with Gasteiger partial charge in [-0.2, -0.15) is 5.10 Å². The standard InChI is InChI=1S/C19H15N7O/c27-15-10-13(14-5-2-9-26(14)19-21-7-3-8-22-19)16-17(24-25-18(16)23-15)12-4-1-6-20-11-12/h1-9,11,13H,10H2,(H2,23,24,25,27). The molecular weight excluding hydrogens is 342 g/mol. The monoisotopic (exact) mass is 357 g/mol. The molecule has 132 valence electrons. The SMILES string of the molecule is O=C1CC(c2cccn2-c2ncccn2)c2c(n[nH]c2-c2cccnc2)N1. The minimum absolute atomic E-state index is 0.0709. The van der Waals surface area contributed by atoms with Crippen molar-refractivity contribution in [1.82, 2.24) is 29.7 Å². The Morgan fingerprint density at radius 3 is 2.78 bits per heavy atom. The Labute approximate surface area is 154 Å². The maximum absolute atomic E-state index is 12.3. The molecule has 27 heavy (non-hydrogen) atoms. The quantitative estimate of drug-likeness (QED) is 0.587. The van der Waals surface area contributed by atoms with Crippen LogP contribution in [0.5, 0.6) is 0 Å². The van der Waals surface area contributed by atoms with Gasteiger partial charge in [0.05, 0.1) is 5.69 Å². The number of amides is 1. The Morgan fingerprint density at radius 1 is 1.07 bits per heavy atom. The summed E-state index contributed by atoms with van der Waals surface area (Å²) in [7, 11) is 0. The first-order chi connectivity index (χ1) is 13.3. The molecule has 8 nitrogen and oxygen atoms in total. The van der Waals surface area contributed by atoms with Gasteiger partial charge in [0.25, 0.3) is 0 Å². The molecule has 2 N–H and O–H groups in total. The van der Waals surface area contributed by atoms with Gasteiger partial charge in [-0.05, 0) is 30.3 Å². The van der Waals surface area contributed by atoms with E-state index in [0.717, 1.165) is 22.5 Å². The summed E-state index contributed by atoms with van der Waals surface area (Å²) in [6.45, 7) is 0. The van der Waals surface area contributed by atoms with Crippen molar-refractivity contribution in [3.63, 3.8) is 0 Å². The average molecular weight is 357 g/mol. The largest absolute Gasteiger partial charge is 0.309 e. The Morgan fingerprint density at radius 2 is 1.96 bits per heavy atom. The number of fused-ring (bicyclic) bond motifs is 1. The summed E-state index contributed by atoms with van der Waals surface area (Å²) in [6, 6.07) is 9.54. The minimum Gasteiger partial charge on any atom is -0.309 e. The summed E-state index contributed by atoms with van der Waals surface area (Å²) in [5.41, 5.74) is 3.65. The number of anilines is 1. The van der Waals surface area contributed by atoms with Crippen LogP contribution in [-0.4, -0.2) is 35.6 Å². The highest BCUT2D eigenvalue weighted by atomic mass is 16.1. The number of aromatic amines is 1. The number of rotatable bonds is 3. The lowest BCUT2D eigenvalue weighted by Crippen LogP contribution is -2.24. The molecule has 4 aromatic rings. The van der Waals surface area contributed by atoms with Crippen molar-refractivity contribution < 1.29 is 4.79 Å². The first-order valence-corrected chi connectivity index (χ1v) is 8.54. The Balaban J connectivity index is 1.68. The third kappa shape index (κ3) is 2.58. The third-order valence-corrected chi connectivity index (χ3v) is 4.65. The van der Waals surface area contributed by atoms with Crippen molar-refractivity contribution in [3.05, 3.63) is 72.6 Å². The van der Waals surface area contributed by atoms with Crippen LogP contribution in [0.2, 0.25) is 0 Å². The van der Waals surface area contributed by atoms with E-state index in [1.54, 1.807) is 30.9 Å². The number of carbonyl (C=O) groups is 1. The molecule has 1 atom stereocenters. The number of hydrogen-bond acceptors (Lipinski definition) is 5. The predicted molar refractivity (Wildman–Crippen MR) is 98.3 cm³/mol. The first kappa shape index (κ1) is 15.4. The second-order valence-electron chi connectivity index (χ2n) is 6.26. The summed E-state index contributed by atoms with van der Waals surface area (Å²) in [6.07, 6.45) is 9.12. The molecule has 1 aliphatic rings. The lowest BCUT2D eigenvalue weighted by molar-refractivity contribution is -0.116. The zero-order valence-corrected chi connectivity index (χ0v) is 14.2. The first-order valence-electron chi connectivity index (χ1n) is 8.54. The van der Waals surface area contributed by atoms with Crippen LogP contribution in [0, 0.1) is 0 Å². The van der Waals surface area contributed by atoms with Gasteiger partial charge >= 0.3 is 0 Å². The Kier molecular flexibility index (Phi) is 3.53. The predicted octanol–water partition coefficient (Wildman–Crippen LogP) is 2.53. The van der Waals surface area contributed by atoms with Crippen molar-refractivity contribution in [2.45, 2.75) is 12.3 Å². The highest BCUT2D eigenvalue weighted by molar-refractivity contribution is 5.96. The molecule has 0 saturated carbocycles. The van der Waals surface area contributed by atoms with E-state index in [4.69, 9.17) is 0 Å². The summed E-state index contributed by atoms with van der Waals surface area (Å²) < 4.78 is 1.91. The van der Waals surface area contributed by atoms with E-state index < -0.39 is 0 Å². The van der Waals surface area contributed by atoms with E-state index in [-0.39, 0.29) is 11.8 Å². The van der Waals surface area contributed by atoms with Gasteiger partial charge in [-0.1, -0.05) is 0 Å². The lowest BCUT2D eigenvalue weighted by atomic mass is 9.87. The number of pyridine rings is 1. The molecule has 0 radical (unpaired) electrons. The highest BCUT2D eigenvalue weighted by Gasteiger charge is 2.34. The molecule has 1 amide bonds. The number of nitrogens with one attached hydrogen (secondary N) is 2. The fourth-order valence-electron chi connectivity index (χ4n) is 3.51. The van der Waals surface area contributed by atoms with Crippen molar-refractivity contribution in [1.29, 1.82) is 0 Å². The fraction of sp³-hybridized carbons (Fsp3) is 0.105. The van der Waals surface area contributed by atoms with E-state index in [1.165, 1.54) is 0 Å². The lowest BCUT2D eigenvalue weighted by Gasteiger charge is -2.24. The molecule has 8 heteroatoms. The molecular formula is C19H15N7O. The smallest absolute Gasteiger partial charge is 0.233 e. The Bertz CT molecular complexity index is 1100. The Hall–Kier alpha value is -3.81. The van der Waals surface area contributed by atoms with Gasteiger partial charge in [0, 0.05) is 60.1 Å². The summed E-state index contributed by atoms with van der Waals surface area (Å²) in [4.78, 5) is 25.2. The molecule has 0 saturated heterocycles. The number of H-pyrrole nitrogens is 1. The van der Waals surface area contributed by atoms with Gasteiger partial charge in [-0.3, -0.25) is 19.4 Å². The van der Waals surface area contributed by atoms with Gasteiger partial charge in [0.15, 0.2) is 5.82 Å². The van der Waals surface area contributed by atoms with Gasteiger partial charge in [0.2, 0.25) is 11.9 Å². The second-order valence-corrected chi connectivity index (χ2v) is 6.26. The minimum atomic E-state index is -0.179. The zero-order valence-electron chi connectivity index (χ0n) is 14.2. The molecule has 0 bridgehead atoms. The molecule has 1 aliphatic heterocycles. The summed E-state index contributed by atoms with van der Waals surface area (Å²) >= 11 is 0. The molecule has 0 fully saturated rings. The molecule has 0 aromatic carbocycles. The molecule has 0 spiro atoms. The van der Waals surface area contributed by atoms with Gasteiger partial charge in [0.1, 0.15) is 0 Å². The molecule has 5 rings (SSSR count). The number of aromatic nitrogens is 6. The highest BCUT2D eigenvalue weighted by Crippen LogP contribution is 2.41. The number of hydrogen-bond donors (Lipinski definition) is 2. The van der Waals surface area contributed by atoms with E-state index in [1.807, 2.05) is 35.0 Å². The van der Waals surface area contributed by atoms with Crippen molar-refractivity contribution >= 4 is 11.7 Å². The van der Waals surface area contributed by atoms with Crippen molar-refractivity contribution in [2.24, 2.45) is 0 Å². The van der Waals surface area contributed by atoms with Crippen molar-refractivity contribution in [2.75, 3.05) is 5.32 Å². The van der Waals surface area contributed by atoms with Crippen LogP contribution in [0.3, 0.4) is 0 Å². The molecule has 1 unspecified atom stereocenters. The van der Waals surface area contributed by atoms with E-state index in [2.05, 4.69) is 30.5 Å². The third-order valence-electron chi connectivity index (χ3n) is 4.65. The normalized spacial score (nSPS) is 16.0. The average Bonchev–Trinajstić information content (AvgIpc) is 3.36. The fourth-order valence-corrected chi connectivity index (χ4v) is 3.51. The van der Waals surface area contributed by atoms with E-state index in [0.29, 0.717) is 18.2 Å². The van der Waals surface area contributed by atoms with E-state index in [9.17, 15) is 4.79 Å². The van der Waals surface area contributed by atoms with E-state index >= 15 is 0 Å². The van der Waals surface area contributed by atoms with Crippen molar-refractivity contribution in [3.8, 4) is 17.2 Å². The maximum Gasteiger partial charge on any atom is 0.233 e. The van der Waals surface area contributed by atoms with Gasteiger partial charge in [-0.25, -0.2) is 9.97 Å². The van der Waals surface area contributed by atoms with Crippen LogP contribution in [0.4, 0.5) is 5.82 Å². The van der Waals surface area contributed by atoms with Gasteiger partial charge < -0.3 is 5.32 Å². The number of nitrogens with zero attached hydrogens (tertiary/aromatic N) is 5. The van der Waals surface area contributed by atoms with Crippen LogP contribution in [0.1, 0.15) is 23.6 Å². The van der Waals surface area contributed by atoms with Gasteiger partial charge in [-0.15, -0.1) is 0 Å². The van der Waals surface area contributed by atoms with Crippen LogP contribution in [0.25, 0.3) is 17.2 Å². The van der Waals surface area contributed by atoms with Crippen LogP contribution in [-0.2, 0) is 4.79 Å².